The van der Waals surface area contributed by atoms with Crippen LogP contribution in [0.5, 0.6) is 0 Å². The molecule has 0 unspecified atom stereocenters. The van der Waals surface area contributed by atoms with Crippen LogP contribution in [0.4, 0.5) is 0 Å². The predicted molar refractivity (Wildman–Crippen MR) is 7.13 cm³/mol. The molecule has 1 radical (unpaired) electrons. The van der Waals surface area contributed by atoms with Gasteiger partial charge in [0, 0.05) is 0 Å². The van der Waals surface area contributed by atoms with Gasteiger partial charge in [-0.05, 0) is 0 Å². The van der Waals surface area contributed by atoms with Crippen molar-refractivity contribution in [2.75, 3.05) is 0 Å². The predicted octanol–water partition coefficient (Wildman–Crippen LogP) is -0.621. The van der Waals surface area contributed by atoms with Crippen LogP contribution < -0.4 is 0 Å². The van der Waals surface area contributed by atoms with E-state index in [4.69, 9.17) is 0 Å². The Labute approximate surface area is 99.1 Å². The van der Waals surface area contributed by atoms with Gasteiger partial charge in [0.05, 0.1) is 0 Å². The zero-order chi connectivity index (χ0) is 0. The molecule has 5 heavy (non-hydrogen) atoms. The second-order valence-corrected chi connectivity index (χ2v) is 0. The number of hydrogen-bond donors (Lipinski definition) is 0. The average Bonchev–Trinajstić information content (AvgIpc) is 0. The summed E-state index contributed by atoms with van der Waals surface area (Å²) >= 11 is 0. The van der Waals surface area contributed by atoms with Gasteiger partial charge < -0.3 is 11.0 Å². The fourth-order valence-corrected chi connectivity index (χ4v) is 0. The molecular weight excluding hydrogens is 266 g/mol. The fourth-order valence-electron chi connectivity index (χ4n) is 0. The molecule has 0 spiro atoms. The van der Waals surface area contributed by atoms with E-state index in [1.807, 2.05) is 0 Å². The average molecular weight is 266 g/mol. The molecule has 0 atom stereocenters. The first-order valence-electron chi connectivity index (χ1n) is 0. The number of rotatable bonds is 0. The molecule has 0 aliphatic heterocycles. The Morgan fingerprint density at radius 1 is 0.800 bits per heavy atom. The Morgan fingerprint density at radius 2 is 0.800 bits per heavy atom. The van der Waals surface area contributed by atoms with Crippen LogP contribution in [0.2, 0.25) is 0 Å². The van der Waals surface area contributed by atoms with Crippen molar-refractivity contribution in [3.63, 3.8) is 0 Å². The van der Waals surface area contributed by atoms with Crippen LogP contribution in [0.15, 0.2) is 0 Å². The van der Waals surface area contributed by atoms with Crippen molar-refractivity contribution in [1.29, 1.82) is 0 Å². The largest absolute Gasteiger partial charge is 3.00 e. The Bertz CT molecular complexity index is 9.61. The smallest absolute Gasteiger partial charge is 2.00 e. The van der Waals surface area contributed by atoms with Crippen LogP contribution in [-0.2, 0) is 28.0 Å². The van der Waals surface area contributed by atoms with Gasteiger partial charge in [0.2, 0.25) is 0 Å². The second-order valence-electron chi connectivity index (χ2n) is 0. The van der Waals surface area contributed by atoms with E-state index in [1.165, 1.54) is 0 Å². The van der Waals surface area contributed by atoms with Crippen LogP contribution in [0.1, 0.15) is 0 Å². The molecule has 0 saturated carbocycles. The summed E-state index contributed by atoms with van der Waals surface area (Å²) in [6.45, 7) is 0. The van der Waals surface area contributed by atoms with E-state index in [9.17, 15) is 0 Å². The monoisotopic (exact) mass is 266 g/mol. The zero-order valence-corrected chi connectivity index (χ0v) is 9.49. The first kappa shape index (κ1) is 44.8. The van der Waals surface area contributed by atoms with E-state index in [1.54, 1.807) is 0 Å². The summed E-state index contributed by atoms with van der Waals surface area (Å²) in [5, 5.41) is 0. The topological polar surface area (TPSA) is 57.0 Å². The van der Waals surface area contributed by atoms with Gasteiger partial charge in [0.1, 0.15) is 0 Å². The van der Waals surface area contributed by atoms with E-state index < -0.39 is 0 Å². The molecule has 0 aliphatic rings. The van der Waals surface area contributed by atoms with E-state index in [2.05, 4.69) is 0 Å². The summed E-state index contributed by atoms with van der Waals surface area (Å²) in [6, 6.07) is 0. The van der Waals surface area contributed by atoms with Crippen LogP contribution in [0, 0.1) is 35.6 Å². The van der Waals surface area contributed by atoms with Crippen molar-refractivity contribution in [1.82, 2.24) is 0 Å². The molecule has 0 bridgehead atoms. The molecule has 0 rings (SSSR count). The SMILES string of the molecule is [Ca+2].[La+3].[Mn+2].[O-2].[O-2]. The standard InChI is InChI=1S/Ca.La.Mn.2O/q+2;+3;+2;2*-2. The maximum Gasteiger partial charge on any atom is 3.00 e. The maximum atomic E-state index is 0. The third-order valence-corrected chi connectivity index (χ3v) is 0. The van der Waals surface area contributed by atoms with Crippen LogP contribution in [0.3, 0.4) is 0 Å². The minimum Gasteiger partial charge on any atom is -2.00 e. The summed E-state index contributed by atoms with van der Waals surface area (Å²) in [7, 11) is 0. The molecule has 0 amide bonds. The van der Waals surface area contributed by atoms with Gasteiger partial charge in [-0.15, -0.1) is 0 Å². The molecule has 0 aromatic rings. The third kappa shape index (κ3) is 19.7. The van der Waals surface area contributed by atoms with Gasteiger partial charge >= 0.3 is 90.4 Å². The molecular formula is CaLaMnO2+3. The first-order valence-corrected chi connectivity index (χ1v) is 0. The van der Waals surface area contributed by atoms with Crippen molar-refractivity contribution in [3.05, 3.63) is 0 Å². The molecule has 0 aromatic carbocycles. The van der Waals surface area contributed by atoms with Gasteiger partial charge in [0.25, 0.3) is 0 Å². The third-order valence-electron chi connectivity index (χ3n) is 0. The maximum absolute atomic E-state index is 0. The Balaban J connectivity index is 0. The molecule has 0 N–H and O–H groups in total. The molecule has 0 heterocycles. The summed E-state index contributed by atoms with van der Waals surface area (Å²) in [5.41, 5.74) is 0. The molecule has 0 aliphatic carbocycles. The van der Waals surface area contributed by atoms with Crippen LogP contribution in [-0.4, -0.2) is 37.7 Å². The molecule has 5 heteroatoms. The molecule has 0 saturated heterocycles. The molecule has 0 aromatic heterocycles. The summed E-state index contributed by atoms with van der Waals surface area (Å²) in [4.78, 5) is 0. The van der Waals surface area contributed by atoms with Crippen molar-refractivity contribution in [3.8, 4) is 0 Å². The van der Waals surface area contributed by atoms with E-state index in [0.29, 0.717) is 0 Å². The Morgan fingerprint density at radius 3 is 0.800 bits per heavy atom. The van der Waals surface area contributed by atoms with Crippen molar-refractivity contribution in [2.45, 2.75) is 0 Å². The van der Waals surface area contributed by atoms with Crippen LogP contribution >= 0.6 is 0 Å². The summed E-state index contributed by atoms with van der Waals surface area (Å²) < 4.78 is 0. The molecule has 21 valence electrons. The van der Waals surface area contributed by atoms with E-state index in [0.717, 1.165) is 0 Å². The molecule has 2 nitrogen and oxygen atoms in total. The first-order chi connectivity index (χ1) is 0. The summed E-state index contributed by atoms with van der Waals surface area (Å²) in [6.07, 6.45) is 0. The minimum atomic E-state index is 0. The molecule has 0 fully saturated rings. The normalized spacial score (nSPS) is 0. The van der Waals surface area contributed by atoms with Gasteiger partial charge in [0.15, 0.2) is 0 Å². The van der Waals surface area contributed by atoms with Gasteiger partial charge in [-0.1, -0.05) is 0 Å². The van der Waals surface area contributed by atoms with Crippen molar-refractivity contribution < 1.29 is 63.6 Å². The van der Waals surface area contributed by atoms with E-state index >= 15 is 0 Å². The minimum absolute atomic E-state index is 0. The fraction of sp³-hybridized carbons (Fsp3) is 0. The van der Waals surface area contributed by atoms with Gasteiger partial charge in [-0.3, -0.25) is 0 Å². The summed E-state index contributed by atoms with van der Waals surface area (Å²) in [5.74, 6) is 0. The van der Waals surface area contributed by atoms with Gasteiger partial charge in [-0.25, -0.2) is 0 Å². The zero-order valence-electron chi connectivity index (χ0n) is 2.48. The quantitative estimate of drug-likeness (QED) is 0.525. The van der Waals surface area contributed by atoms with E-state index in [-0.39, 0.29) is 101 Å². The Hall–Kier alpha value is 2.89. The van der Waals surface area contributed by atoms with Crippen molar-refractivity contribution >= 4 is 37.7 Å². The second kappa shape index (κ2) is 28.6. The van der Waals surface area contributed by atoms with Gasteiger partial charge in [-0.2, -0.15) is 0 Å². The van der Waals surface area contributed by atoms with Crippen molar-refractivity contribution in [2.24, 2.45) is 0 Å². The Kier molecular flexibility index (Phi) is 256. The van der Waals surface area contributed by atoms with Crippen LogP contribution in [0.25, 0.3) is 0 Å². The number of hydrogen-bond acceptors (Lipinski definition) is 0.